The van der Waals surface area contributed by atoms with Crippen LogP contribution in [-0.2, 0) is 22.4 Å². The van der Waals surface area contributed by atoms with Crippen LogP contribution in [0.3, 0.4) is 0 Å². The van der Waals surface area contributed by atoms with Crippen LogP contribution in [0.5, 0.6) is 0 Å². The molecule has 0 amide bonds. The molecule has 21 heavy (non-hydrogen) atoms. The third-order valence-corrected chi connectivity index (χ3v) is 4.71. The first kappa shape index (κ1) is 16.9. The van der Waals surface area contributed by atoms with Gasteiger partial charge in [0.25, 0.3) is 0 Å². The average Bonchev–Trinajstić information content (AvgIpc) is 2.71. The third-order valence-electron chi connectivity index (χ3n) is 2.91. The Kier molecular flexibility index (Phi) is 5.44. The zero-order chi connectivity index (χ0) is 15.6. The van der Waals surface area contributed by atoms with Gasteiger partial charge in [-0.2, -0.15) is 0 Å². The zero-order valence-electron chi connectivity index (χ0n) is 11.2. The Labute approximate surface area is 141 Å². The molecule has 0 aliphatic heterocycles. The Bertz CT molecular complexity index is 763. The molecule has 116 valence electrons. The second kappa shape index (κ2) is 6.76. The van der Waals surface area contributed by atoms with Crippen LogP contribution >= 0.6 is 34.2 Å². The van der Waals surface area contributed by atoms with E-state index in [0.29, 0.717) is 39.9 Å². The molecule has 2 rings (SSSR count). The molecule has 0 saturated heterocycles. The van der Waals surface area contributed by atoms with Crippen molar-refractivity contribution in [2.24, 2.45) is 0 Å². The molecule has 1 aromatic carbocycles. The topological polar surface area (TPSA) is 64.0 Å². The number of benzene rings is 1. The van der Waals surface area contributed by atoms with Crippen molar-refractivity contribution in [1.29, 1.82) is 0 Å². The summed E-state index contributed by atoms with van der Waals surface area (Å²) in [6, 6.07) is 3.11. The lowest BCUT2D eigenvalue weighted by atomic mass is 10.3. The lowest BCUT2D eigenvalue weighted by molar-refractivity contribution is 0.574. The fourth-order valence-corrected chi connectivity index (χ4v) is 3.19. The fourth-order valence-electron chi connectivity index (χ4n) is 2.02. The van der Waals surface area contributed by atoms with Crippen LogP contribution in [0.2, 0.25) is 0 Å². The summed E-state index contributed by atoms with van der Waals surface area (Å²) < 4.78 is 40.5. The molecule has 0 saturated carbocycles. The normalized spacial score (nSPS) is 12.2. The summed E-state index contributed by atoms with van der Waals surface area (Å²) in [6.45, 7) is 0.828. The van der Waals surface area contributed by atoms with E-state index in [-0.39, 0.29) is 11.7 Å². The number of alkyl halides is 1. The van der Waals surface area contributed by atoms with E-state index in [1.807, 2.05) is 27.2 Å². The van der Waals surface area contributed by atoms with E-state index in [4.69, 9.17) is 11.6 Å². The van der Waals surface area contributed by atoms with Gasteiger partial charge in [-0.1, -0.05) is 0 Å². The standard InChI is InChI=1S/C12H14ClFIN3O2S/c1-21(19,20)16-3-2-4-18-11-5-8(14)9(15)6-10(11)17-12(18)7-13/h5-6,16H,2-4,7H2,1H3. The van der Waals surface area contributed by atoms with E-state index in [1.54, 1.807) is 6.07 Å². The summed E-state index contributed by atoms with van der Waals surface area (Å²) in [5.41, 5.74) is 1.36. The molecule has 2 aromatic rings. The number of rotatable bonds is 6. The van der Waals surface area contributed by atoms with Crippen LogP contribution in [0.15, 0.2) is 12.1 Å². The van der Waals surface area contributed by atoms with Gasteiger partial charge in [-0.15, -0.1) is 11.6 Å². The van der Waals surface area contributed by atoms with Crippen molar-refractivity contribution in [2.75, 3.05) is 12.8 Å². The van der Waals surface area contributed by atoms with Gasteiger partial charge >= 0.3 is 0 Å². The van der Waals surface area contributed by atoms with Crippen LogP contribution in [0.25, 0.3) is 11.0 Å². The van der Waals surface area contributed by atoms with Gasteiger partial charge in [0.1, 0.15) is 11.6 Å². The Morgan fingerprint density at radius 2 is 2.19 bits per heavy atom. The van der Waals surface area contributed by atoms with E-state index in [2.05, 4.69) is 9.71 Å². The molecule has 1 aromatic heterocycles. The molecule has 0 spiro atoms. The number of imidazole rings is 1. The summed E-state index contributed by atoms with van der Waals surface area (Å²) in [5, 5.41) is 0. The Morgan fingerprint density at radius 3 is 2.81 bits per heavy atom. The maximum Gasteiger partial charge on any atom is 0.208 e. The molecular weight excluding hydrogens is 432 g/mol. The van der Waals surface area contributed by atoms with E-state index in [9.17, 15) is 12.8 Å². The highest BCUT2D eigenvalue weighted by atomic mass is 127. The van der Waals surface area contributed by atoms with Crippen molar-refractivity contribution in [3.8, 4) is 0 Å². The van der Waals surface area contributed by atoms with E-state index in [1.165, 1.54) is 6.07 Å². The van der Waals surface area contributed by atoms with Crippen LogP contribution in [0.4, 0.5) is 4.39 Å². The third kappa shape index (κ3) is 4.27. The Morgan fingerprint density at radius 1 is 1.48 bits per heavy atom. The lowest BCUT2D eigenvalue weighted by Crippen LogP contribution is -2.24. The van der Waals surface area contributed by atoms with Crippen LogP contribution in [0, 0.1) is 9.39 Å². The van der Waals surface area contributed by atoms with E-state index in [0.717, 1.165) is 6.26 Å². The molecule has 0 aliphatic carbocycles. The minimum Gasteiger partial charge on any atom is -0.327 e. The van der Waals surface area contributed by atoms with Gasteiger partial charge in [0.15, 0.2) is 0 Å². The van der Waals surface area contributed by atoms with Gasteiger partial charge in [0.05, 0.1) is 26.7 Å². The molecular formula is C12H14ClFIN3O2S. The number of nitrogens with zero attached hydrogens (tertiary/aromatic N) is 2. The minimum absolute atomic E-state index is 0.215. The van der Waals surface area contributed by atoms with Crippen LogP contribution in [0.1, 0.15) is 12.2 Å². The highest BCUT2D eigenvalue weighted by molar-refractivity contribution is 14.1. The van der Waals surface area contributed by atoms with Gasteiger partial charge in [-0.3, -0.25) is 0 Å². The Hall–Kier alpha value is -0.450. The number of halogens is 3. The van der Waals surface area contributed by atoms with Crippen molar-refractivity contribution in [1.82, 2.24) is 14.3 Å². The quantitative estimate of drug-likeness (QED) is 0.422. The number of sulfonamides is 1. The number of aryl methyl sites for hydroxylation is 1. The Balaban J connectivity index is 2.23. The van der Waals surface area contributed by atoms with Gasteiger partial charge in [-0.05, 0) is 35.1 Å². The maximum absolute atomic E-state index is 13.7. The first-order chi connectivity index (χ1) is 9.81. The summed E-state index contributed by atoms with van der Waals surface area (Å²) in [7, 11) is -3.20. The summed E-state index contributed by atoms with van der Waals surface area (Å²) >= 11 is 7.79. The van der Waals surface area contributed by atoms with Crippen molar-refractivity contribution < 1.29 is 12.8 Å². The second-order valence-electron chi connectivity index (χ2n) is 4.59. The SMILES string of the molecule is CS(=O)(=O)NCCCn1c(CCl)nc2cc(I)c(F)cc21. The monoisotopic (exact) mass is 445 g/mol. The molecule has 0 atom stereocenters. The number of nitrogens with one attached hydrogen (secondary N) is 1. The predicted octanol–water partition coefficient (Wildman–Crippen LogP) is 2.46. The van der Waals surface area contributed by atoms with Gasteiger partial charge < -0.3 is 4.57 Å². The summed E-state index contributed by atoms with van der Waals surface area (Å²) in [5.74, 6) is 0.555. The fraction of sp³-hybridized carbons (Fsp3) is 0.417. The number of fused-ring (bicyclic) bond motifs is 1. The number of hydrogen-bond donors (Lipinski definition) is 1. The van der Waals surface area contributed by atoms with Crippen molar-refractivity contribution in [3.63, 3.8) is 0 Å². The largest absolute Gasteiger partial charge is 0.327 e. The number of hydrogen-bond acceptors (Lipinski definition) is 3. The highest BCUT2D eigenvalue weighted by Gasteiger charge is 2.13. The van der Waals surface area contributed by atoms with Crippen molar-refractivity contribution in [2.45, 2.75) is 18.8 Å². The van der Waals surface area contributed by atoms with Crippen LogP contribution in [-0.4, -0.2) is 30.8 Å². The van der Waals surface area contributed by atoms with Gasteiger partial charge in [-0.25, -0.2) is 22.5 Å². The summed E-state index contributed by atoms with van der Waals surface area (Å²) in [4.78, 5) is 4.38. The molecule has 0 radical (unpaired) electrons. The van der Waals surface area contributed by atoms with E-state index >= 15 is 0 Å². The van der Waals surface area contributed by atoms with Gasteiger partial charge in [0, 0.05) is 19.2 Å². The first-order valence-corrected chi connectivity index (χ1v) is 9.67. The molecule has 0 bridgehead atoms. The zero-order valence-corrected chi connectivity index (χ0v) is 15.0. The number of aromatic nitrogens is 2. The highest BCUT2D eigenvalue weighted by Crippen LogP contribution is 2.23. The van der Waals surface area contributed by atoms with Gasteiger partial charge in [0.2, 0.25) is 10.0 Å². The van der Waals surface area contributed by atoms with Crippen molar-refractivity contribution in [3.05, 3.63) is 27.3 Å². The molecule has 0 fully saturated rings. The first-order valence-electron chi connectivity index (χ1n) is 6.16. The predicted molar refractivity (Wildman–Crippen MR) is 89.4 cm³/mol. The second-order valence-corrected chi connectivity index (χ2v) is 7.85. The molecule has 0 unspecified atom stereocenters. The summed E-state index contributed by atoms with van der Waals surface area (Å²) in [6.07, 6.45) is 1.68. The minimum atomic E-state index is -3.20. The molecule has 1 N–H and O–H groups in total. The van der Waals surface area contributed by atoms with E-state index < -0.39 is 10.0 Å². The molecule has 1 heterocycles. The van der Waals surface area contributed by atoms with Crippen molar-refractivity contribution >= 4 is 55.2 Å². The molecule has 5 nitrogen and oxygen atoms in total. The molecule has 9 heteroatoms. The smallest absolute Gasteiger partial charge is 0.208 e. The molecule has 0 aliphatic rings. The maximum atomic E-state index is 13.7. The lowest BCUT2D eigenvalue weighted by Gasteiger charge is -2.08. The average molecular weight is 446 g/mol. The van der Waals surface area contributed by atoms with Crippen LogP contribution < -0.4 is 4.72 Å².